The number of benzene rings is 2. The Balaban J connectivity index is 0.00000338. The summed E-state index contributed by atoms with van der Waals surface area (Å²) in [6.07, 6.45) is -4.46. The van der Waals surface area contributed by atoms with Gasteiger partial charge in [0, 0.05) is 12.2 Å². The fourth-order valence-corrected chi connectivity index (χ4v) is 2.31. The van der Waals surface area contributed by atoms with Crippen molar-refractivity contribution in [3.63, 3.8) is 0 Å². The highest BCUT2D eigenvalue weighted by Gasteiger charge is 2.31. The van der Waals surface area contributed by atoms with Gasteiger partial charge in [0.25, 0.3) is 0 Å². The molecule has 3 N–H and O–H groups in total. The van der Waals surface area contributed by atoms with Gasteiger partial charge < -0.3 is 15.8 Å². The highest BCUT2D eigenvalue weighted by atomic mass is 35.5. The Kier molecular flexibility index (Phi) is 7.92. The van der Waals surface area contributed by atoms with Crippen molar-refractivity contribution < 1.29 is 22.7 Å². The van der Waals surface area contributed by atoms with Crippen LogP contribution in [0.2, 0.25) is 0 Å². The van der Waals surface area contributed by atoms with Crippen molar-refractivity contribution >= 4 is 24.0 Å². The zero-order valence-electron chi connectivity index (χ0n) is 14.1. The lowest BCUT2D eigenvalue weighted by Gasteiger charge is -2.12. The molecule has 2 aromatic rings. The molecule has 0 fully saturated rings. The first-order valence-corrected chi connectivity index (χ1v) is 7.74. The van der Waals surface area contributed by atoms with Crippen LogP contribution in [0.15, 0.2) is 42.5 Å². The van der Waals surface area contributed by atoms with Crippen LogP contribution in [0.25, 0.3) is 0 Å². The largest absolute Gasteiger partial charge is 0.494 e. The maximum atomic E-state index is 12.9. The summed E-state index contributed by atoms with van der Waals surface area (Å²) in [6, 6.07) is 10.3. The molecule has 0 aromatic heterocycles. The summed E-state index contributed by atoms with van der Waals surface area (Å²) >= 11 is 0. The zero-order valence-corrected chi connectivity index (χ0v) is 14.9. The molecule has 0 saturated heterocycles. The Morgan fingerprint density at radius 3 is 2.31 bits per heavy atom. The smallest absolute Gasteiger partial charge is 0.416 e. The summed E-state index contributed by atoms with van der Waals surface area (Å²) in [6.45, 7) is 2.36. The number of nitrogens with two attached hydrogens (primary N) is 1. The van der Waals surface area contributed by atoms with Gasteiger partial charge in [0.05, 0.1) is 18.6 Å². The van der Waals surface area contributed by atoms with Crippen LogP contribution in [0.4, 0.5) is 18.9 Å². The first-order valence-electron chi connectivity index (χ1n) is 7.74. The van der Waals surface area contributed by atoms with Crippen LogP contribution in [0, 0.1) is 0 Å². The SMILES string of the molecule is CCOc1ccc(CC(=O)Nc2cc(CN)cc(C(F)(F)F)c2)cc1.Cl. The monoisotopic (exact) mass is 388 g/mol. The van der Waals surface area contributed by atoms with Crippen LogP contribution in [-0.4, -0.2) is 12.5 Å². The van der Waals surface area contributed by atoms with Gasteiger partial charge in [-0.2, -0.15) is 13.2 Å². The van der Waals surface area contributed by atoms with Gasteiger partial charge in [0.15, 0.2) is 0 Å². The molecule has 0 aliphatic carbocycles. The number of halogens is 4. The molecule has 0 radical (unpaired) electrons. The maximum absolute atomic E-state index is 12.9. The van der Waals surface area contributed by atoms with Gasteiger partial charge in [-0.3, -0.25) is 4.79 Å². The molecule has 0 unspecified atom stereocenters. The standard InChI is InChI=1S/C18H19F3N2O2.ClH/c1-2-25-16-5-3-12(4-6-16)9-17(24)23-15-8-13(11-22)7-14(10-15)18(19,20)21;/h3-8,10H,2,9,11,22H2,1H3,(H,23,24);1H. The topological polar surface area (TPSA) is 64.3 Å². The van der Waals surface area contributed by atoms with E-state index >= 15 is 0 Å². The van der Waals surface area contributed by atoms with Gasteiger partial charge >= 0.3 is 6.18 Å². The molecular formula is C18H20ClF3N2O2. The lowest BCUT2D eigenvalue weighted by Crippen LogP contribution is -2.16. The quantitative estimate of drug-likeness (QED) is 0.780. The third-order valence-electron chi connectivity index (χ3n) is 3.44. The summed E-state index contributed by atoms with van der Waals surface area (Å²) in [4.78, 5) is 12.1. The summed E-state index contributed by atoms with van der Waals surface area (Å²) in [7, 11) is 0. The summed E-state index contributed by atoms with van der Waals surface area (Å²) in [5.41, 5.74) is 5.69. The van der Waals surface area contributed by atoms with E-state index in [0.29, 0.717) is 17.9 Å². The number of alkyl halides is 3. The van der Waals surface area contributed by atoms with Crippen LogP contribution in [0.1, 0.15) is 23.6 Å². The lowest BCUT2D eigenvalue weighted by molar-refractivity contribution is -0.137. The summed E-state index contributed by atoms with van der Waals surface area (Å²) < 4.78 is 44.0. The zero-order chi connectivity index (χ0) is 18.4. The molecule has 4 nitrogen and oxygen atoms in total. The second-order valence-electron chi connectivity index (χ2n) is 5.42. The Morgan fingerprint density at radius 1 is 1.12 bits per heavy atom. The molecule has 8 heteroatoms. The predicted molar refractivity (Wildman–Crippen MR) is 96.5 cm³/mol. The van der Waals surface area contributed by atoms with E-state index in [0.717, 1.165) is 17.7 Å². The number of amides is 1. The van der Waals surface area contributed by atoms with Crippen LogP contribution >= 0.6 is 12.4 Å². The lowest BCUT2D eigenvalue weighted by atomic mass is 10.1. The van der Waals surface area contributed by atoms with E-state index in [1.54, 1.807) is 24.3 Å². The van der Waals surface area contributed by atoms with Crippen LogP contribution in [-0.2, 0) is 23.9 Å². The number of anilines is 1. The van der Waals surface area contributed by atoms with E-state index in [2.05, 4.69) is 5.32 Å². The highest BCUT2D eigenvalue weighted by Crippen LogP contribution is 2.32. The van der Waals surface area contributed by atoms with E-state index in [-0.39, 0.29) is 31.1 Å². The molecular weight excluding hydrogens is 369 g/mol. The summed E-state index contributed by atoms with van der Waals surface area (Å²) in [5, 5.41) is 2.49. The molecule has 0 spiro atoms. The second-order valence-corrected chi connectivity index (χ2v) is 5.42. The van der Waals surface area contributed by atoms with Crippen LogP contribution in [0.3, 0.4) is 0 Å². The number of rotatable bonds is 6. The third kappa shape index (κ3) is 6.24. The number of hydrogen-bond donors (Lipinski definition) is 2. The molecule has 0 aliphatic rings. The molecule has 26 heavy (non-hydrogen) atoms. The minimum Gasteiger partial charge on any atom is -0.494 e. The Labute approximate surface area is 155 Å². The average molecular weight is 389 g/mol. The minimum atomic E-state index is -4.50. The highest BCUT2D eigenvalue weighted by molar-refractivity contribution is 5.92. The van der Waals surface area contributed by atoms with Gasteiger partial charge in [-0.05, 0) is 48.4 Å². The molecule has 0 bridgehead atoms. The van der Waals surface area contributed by atoms with E-state index in [1.807, 2.05) is 6.92 Å². The second kappa shape index (κ2) is 9.45. The molecule has 1 amide bonds. The van der Waals surface area contributed by atoms with E-state index < -0.39 is 17.6 Å². The van der Waals surface area contributed by atoms with Gasteiger partial charge in [-0.1, -0.05) is 12.1 Å². The molecule has 2 rings (SSSR count). The van der Waals surface area contributed by atoms with Crippen molar-refractivity contribution in [3.05, 3.63) is 59.2 Å². The van der Waals surface area contributed by atoms with Gasteiger partial charge in [-0.15, -0.1) is 12.4 Å². The third-order valence-corrected chi connectivity index (χ3v) is 3.44. The minimum absolute atomic E-state index is 0. The number of carbonyl (C=O) groups excluding carboxylic acids is 1. The van der Waals surface area contributed by atoms with Crippen molar-refractivity contribution in [2.75, 3.05) is 11.9 Å². The van der Waals surface area contributed by atoms with Crippen LogP contribution in [0.5, 0.6) is 5.75 Å². The van der Waals surface area contributed by atoms with E-state index in [9.17, 15) is 18.0 Å². The first kappa shape index (κ1) is 21.8. The van der Waals surface area contributed by atoms with Crippen molar-refractivity contribution in [1.29, 1.82) is 0 Å². The molecule has 142 valence electrons. The Morgan fingerprint density at radius 2 is 1.77 bits per heavy atom. The molecule has 2 aromatic carbocycles. The maximum Gasteiger partial charge on any atom is 0.416 e. The van der Waals surface area contributed by atoms with Gasteiger partial charge in [0.2, 0.25) is 5.91 Å². The van der Waals surface area contributed by atoms with Crippen molar-refractivity contribution in [3.8, 4) is 5.75 Å². The fraction of sp³-hybridized carbons (Fsp3) is 0.278. The van der Waals surface area contributed by atoms with Crippen molar-refractivity contribution in [2.45, 2.75) is 26.1 Å². The van der Waals surface area contributed by atoms with Crippen molar-refractivity contribution in [1.82, 2.24) is 0 Å². The van der Waals surface area contributed by atoms with Gasteiger partial charge in [0.1, 0.15) is 5.75 Å². The van der Waals surface area contributed by atoms with E-state index in [4.69, 9.17) is 10.5 Å². The normalized spacial score (nSPS) is 10.8. The van der Waals surface area contributed by atoms with Gasteiger partial charge in [-0.25, -0.2) is 0 Å². The first-order chi connectivity index (χ1) is 11.8. The fourth-order valence-electron chi connectivity index (χ4n) is 2.31. The molecule has 0 aliphatic heterocycles. The van der Waals surface area contributed by atoms with Crippen LogP contribution < -0.4 is 15.8 Å². The predicted octanol–water partition coefficient (Wildman–Crippen LogP) is 4.17. The van der Waals surface area contributed by atoms with E-state index in [1.165, 1.54) is 6.07 Å². The Bertz CT molecular complexity index is 734. The molecule has 0 atom stereocenters. The number of nitrogens with one attached hydrogen (secondary N) is 1. The Hall–Kier alpha value is -2.25. The van der Waals surface area contributed by atoms with Crippen molar-refractivity contribution in [2.24, 2.45) is 5.73 Å². The average Bonchev–Trinajstić information content (AvgIpc) is 2.55. The molecule has 0 saturated carbocycles. The number of ether oxygens (including phenoxy) is 1. The summed E-state index contributed by atoms with van der Waals surface area (Å²) in [5.74, 6) is 0.281. The molecule has 0 heterocycles. The number of hydrogen-bond acceptors (Lipinski definition) is 3. The number of carbonyl (C=O) groups is 1.